The first kappa shape index (κ1) is 63.6. The zero-order valence-corrected chi connectivity index (χ0v) is 44.9. The lowest BCUT2D eigenvalue weighted by atomic mass is 9.91. The molecule has 0 bridgehead atoms. The monoisotopic (exact) mass is 977 g/mol. The van der Waals surface area contributed by atoms with Crippen molar-refractivity contribution in [1.82, 2.24) is 0 Å². The number of aliphatic hydroxyl groups excluding tert-OH is 7. The molecule has 0 aromatic heterocycles. The molecule has 2 fully saturated rings. The molecule has 2 rings (SSSR count). The molecule has 0 unspecified atom stereocenters. The van der Waals surface area contributed by atoms with E-state index in [1.165, 1.54) is 103 Å². The predicted molar refractivity (Wildman–Crippen MR) is 270 cm³/mol. The molecule has 0 amide bonds. The number of aliphatic hydroxyl groups is 7. The van der Waals surface area contributed by atoms with E-state index in [0.717, 1.165) is 61.2 Å². The van der Waals surface area contributed by atoms with Crippen LogP contribution in [0.15, 0.2) is 0 Å². The Bertz CT molecular complexity index is 1190. The third-order valence-corrected chi connectivity index (χ3v) is 15.0. The molecular formula is C55H108O13. The van der Waals surface area contributed by atoms with Crippen molar-refractivity contribution >= 4 is 0 Å². The standard InChI is InChI=1S/C55H108O13/c1-37(2)17-11-19-39(5)21-13-23-41(7)25-15-27-43(9)29-31-63-35-45(64-32-30-44(10)28-16-26-42(8)24-14-22-40(6)20-12-18-38(3)4)36-65-55-53(51(61)49(59)47(34-57)67-55)68-54-52(62)50(60)48(58)46(33-56)66-54/h37-62H,11-36H2,1-10H3/t39-,40-,41-,42-,43-,44-,45-,46-,47-,48-,49-,50+,51+,52+,53+,54-,55+/m1/s1. The minimum atomic E-state index is -1.75. The molecular weight excluding hydrogens is 869 g/mol. The van der Waals surface area contributed by atoms with E-state index < -0.39 is 80.7 Å². The third-order valence-electron chi connectivity index (χ3n) is 15.0. The van der Waals surface area contributed by atoms with E-state index in [9.17, 15) is 35.7 Å². The van der Waals surface area contributed by atoms with Gasteiger partial charge in [-0.2, -0.15) is 0 Å². The molecule has 7 N–H and O–H groups in total. The molecule has 2 aliphatic rings. The van der Waals surface area contributed by atoms with Crippen molar-refractivity contribution in [2.75, 3.05) is 39.6 Å². The first-order chi connectivity index (χ1) is 32.4. The molecule has 0 aromatic carbocycles. The SMILES string of the molecule is CC(C)CCC[C@@H](C)CCC[C@@H](C)CCC[C@@H](C)CCOC[C@H](CO[C@H]1O[C@H](CO)[C@@H](O)[C@H](O)[C@@H]1O[C@H]1O[C@H](CO)[C@@H](O)[C@H](O)[C@@H]1O)OCC[C@H](C)CCC[C@H](C)CCC[C@H](C)CCCC(C)C. The summed E-state index contributed by atoms with van der Waals surface area (Å²) in [6, 6.07) is 0. The van der Waals surface area contributed by atoms with Crippen LogP contribution in [0.25, 0.3) is 0 Å². The summed E-state index contributed by atoms with van der Waals surface area (Å²) in [6.45, 7) is 23.4. The van der Waals surface area contributed by atoms with Crippen LogP contribution in [0, 0.1) is 47.3 Å². The lowest BCUT2D eigenvalue weighted by Crippen LogP contribution is -2.64. The van der Waals surface area contributed by atoms with Gasteiger partial charge < -0.3 is 64.2 Å². The Labute approximate surface area is 415 Å². The van der Waals surface area contributed by atoms with E-state index in [2.05, 4.69) is 69.2 Å². The van der Waals surface area contributed by atoms with Gasteiger partial charge in [-0.05, 0) is 60.2 Å². The Kier molecular flexibility index (Phi) is 34.1. The van der Waals surface area contributed by atoms with Crippen molar-refractivity contribution < 1.29 is 64.2 Å². The van der Waals surface area contributed by atoms with Gasteiger partial charge in [-0.1, -0.05) is 185 Å². The zero-order chi connectivity index (χ0) is 50.6. The number of rotatable bonds is 40. The highest BCUT2D eigenvalue weighted by Crippen LogP contribution is 2.31. The molecule has 13 heteroatoms. The van der Waals surface area contributed by atoms with Gasteiger partial charge >= 0.3 is 0 Å². The van der Waals surface area contributed by atoms with E-state index in [4.69, 9.17) is 28.4 Å². The second-order valence-corrected chi connectivity index (χ2v) is 23.0. The molecule has 2 aliphatic heterocycles. The van der Waals surface area contributed by atoms with Crippen LogP contribution < -0.4 is 0 Å². The molecule has 0 radical (unpaired) electrons. The van der Waals surface area contributed by atoms with E-state index >= 15 is 0 Å². The van der Waals surface area contributed by atoms with Gasteiger partial charge in [0.05, 0.1) is 26.4 Å². The Morgan fingerprint density at radius 3 is 1.18 bits per heavy atom. The summed E-state index contributed by atoms with van der Waals surface area (Å²) in [7, 11) is 0. The van der Waals surface area contributed by atoms with Crippen LogP contribution in [0.4, 0.5) is 0 Å². The van der Waals surface area contributed by atoms with Gasteiger partial charge in [0.25, 0.3) is 0 Å². The molecule has 13 nitrogen and oxygen atoms in total. The second-order valence-electron chi connectivity index (χ2n) is 23.0. The maximum absolute atomic E-state index is 11.2. The van der Waals surface area contributed by atoms with Crippen molar-refractivity contribution in [3.8, 4) is 0 Å². The average molecular weight is 977 g/mol. The van der Waals surface area contributed by atoms with Gasteiger partial charge in [-0.25, -0.2) is 0 Å². The minimum absolute atomic E-state index is 0.0351. The van der Waals surface area contributed by atoms with Crippen molar-refractivity contribution in [2.24, 2.45) is 47.3 Å². The quantitative estimate of drug-likeness (QED) is 0.0288. The maximum atomic E-state index is 11.2. The van der Waals surface area contributed by atoms with Crippen molar-refractivity contribution in [1.29, 1.82) is 0 Å². The number of hydrogen-bond donors (Lipinski definition) is 7. The largest absolute Gasteiger partial charge is 0.394 e. The normalized spacial score (nSPS) is 29.0. The highest BCUT2D eigenvalue weighted by Gasteiger charge is 2.51. The van der Waals surface area contributed by atoms with Gasteiger partial charge in [0, 0.05) is 13.2 Å². The lowest BCUT2D eigenvalue weighted by Gasteiger charge is -2.46. The van der Waals surface area contributed by atoms with Crippen LogP contribution in [0.5, 0.6) is 0 Å². The Morgan fingerprint density at radius 1 is 0.397 bits per heavy atom. The fourth-order valence-electron chi connectivity index (χ4n) is 9.83. The average Bonchev–Trinajstić information content (AvgIpc) is 3.28. The van der Waals surface area contributed by atoms with Gasteiger partial charge in [-0.15, -0.1) is 0 Å². The summed E-state index contributed by atoms with van der Waals surface area (Å²) in [4.78, 5) is 0. The van der Waals surface area contributed by atoms with E-state index in [-0.39, 0.29) is 13.2 Å². The molecule has 2 saturated heterocycles. The van der Waals surface area contributed by atoms with E-state index in [0.29, 0.717) is 25.0 Å². The molecule has 0 spiro atoms. The molecule has 0 aromatic rings. The lowest BCUT2D eigenvalue weighted by molar-refractivity contribution is -0.369. The zero-order valence-electron chi connectivity index (χ0n) is 44.9. The van der Waals surface area contributed by atoms with Gasteiger partial charge in [0.1, 0.15) is 54.9 Å². The van der Waals surface area contributed by atoms with E-state index in [1.807, 2.05) is 0 Å². The van der Waals surface area contributed by atoms with Crippen LogP contribution in [0.3, 0.4) is 0 Å². The Morgan fingerprint density at radius 2 is 0.765 bits per heavy atom. The second kappa shape index (κ2) is 36.4. The van der Waals surface area contributed by atoms with Gasteiger partial charge in [0.2, 0.25) is 0 Å². The molecule has 2 heterocycles. The van der Waals surface area contributed by atoms with Crippen molar-refractivity contribution in [2.45, 2.75) is 265 Å². The maximum Gasteiger partial charge on any atom is 0.187 e. The Hall–Kier alpha value is -0.520. The van der Waals surface area contributed by atoms with Crippen LogP contribution in [-0.2, 0) is 28.4 Å². The molecule has 0 aliphatic carbocycles. The fraction of sp³-hybridized carbons (Fsp3) is 1.00. The van der Waals surface area contributed by atoms with Crippen LogP contribution in [-0.4, -0.2) is 143 Å². The predicted octanol–water partition coefficient (Wildman–Crippen LogP) is 8.96. The smallest absolute Gasteiger partial charge is 0.187 e. The summed E-state index contributed by atoms with van der Waals surface area (Å²) in [5, 5.41) is 73.0. The molecule has 17 atom stereocenters. The van der Waals surface area contributed by atoms with Crippen LogP contribution in [0.2, 0.25) is 0 Å². The summed E-state index contributed by atoms with van der Waals surface area (Å²) >= 11 is 0. The van der Waals surface area contributed by atoms with Crippen molar-refractivity contribution in [3.05, 3.63) is 0 Å². The van der Waals surface area contributed by atoms with Gasteiger partial charge in [-0.3, -0.25) is 0 Å². The van der Waals surface area contributed by atoms with Crippen LogP contribution >= 0.6 is 0 Å². The first-order valence-electron chi connectivity index (χ1n) is 27.8. The number of ether oxygens (including phenoxy) is 6. The molecule has 68 heavy (non-hydrogen) atoms. The van der Waals surface area contributed by atoms with Crippen molar-refractivity contribution in [3.63, 3.8) is 0 Å². The van der Waals surface area contributed by atoms with E-state index in [1.54, 1.807) is 0 Å². The third kappa shape index (κ3) is 26.4. The summed E-state index contributed by atoms with van der Waals surface area (Å²) in [5.74, 6) is 5.67. The summed E-state index contributed by atoms with van der Waals surface area (Å²) < 4.78 is 36.2. The topological polar surface area (TPSA) is 197 Å². The minimum Gasteiger partial charge on any atom is -0.394 e. The highest BCUT2D eigenvalue weighted by atomic mass is 16.8. The Balaban J connectivity index is 1.93. The molecule has 406 valence electrons. The van der Waals surface area contributed by atoms with Crippen LogP contribution in [0.1, 0.15) is 198 Å². The first-order valence-corrected chi connectivity index (χ1v) is 27.8. The highest BCUT2D eigenvalue weighted by molar-refractivity contribution is 4.94. The molecule has 0 saturated carbocycles. The number of hydrogen-bond acceptors (Lipinski definition) is 13. The summed E-state index contributed by atoms with van der Waals surface area (Å²) in [5.41, 5.74) is 0. The van der Waals surface area contributed by atoms with Gasteiger partial charge in [0.15, 0.2) is 12.6 Å². The summed E-state index contributed by atoms with van der Waals surface area (Å²) in [6.07, 6.45) is 9.16. The fourth-order valence-corrected chi connectivity index (χ4v) is 9.83.